The monoisotopic (exact) mass is 429 g/mol. The number of nitrogens with zero attached hydrogens (tertiary/aromatic N) is 3. The molecule has 1 spiro atoms. The summed E-state index contributed by atoms with van der Waals surface area (Å²) in [5.74, 6) is 5.10. The van der Waals surface area contributed by atoms with E-state index in [2.05, 4.69) is 21.8 Å². The van der Waals surface area contributed by atoms with Gasteiger partial charge in [0, 0.05) is 43.9 Å². The number of aryl methyl sites for hydroxylation is 2. The Morgan fingerprint density at radius 3 is 2.22 bits per heavy atom. The van der Waals surface area contributed by atoms with Gasteiger partial charge in [-0.25, -0.2) is 4.98 Å². The number of hydrogen-bond acceptors (Lipinski definition) is 5. The van der Waals surface area contributed by atoms with E-state index < -0.39 is 5.92 Å². The summed E-state index contributed by atoms with van der Waals surface area (Å²) < 4.78 is 0. The molecule has 0 radical (unpaired) electrons. The van der Waals surface area contributed by atoms with Crippen molar-refractivity contribution in [3.05, 3.63) is 58.7 Å². The third-order valence-corrected chi connectivity index (χ3v) is 6.79. The van der Waals surface area contributed by atoms with Gasteiger partial charge in [-0.15, -0.1) is 5.92 Å². The molecule has 1 aliphatic heterocycles. The van der Waals surface area contributed by atoms with Crippen molar-refractivity contribution in [2.75, 3.05) is 13.1 Å². The highest BCUT2D eigenvalue weighted by molar-refractivity contribution is 6.10. The van der Waals surface area contributed by atoms with E-state index in [1.165, 1.54) is 18.6 Å². The minimum atomic E-state index is -0.691. The maximum Gasteiger partial charge on any atom is 0.274 e. The lowest BCUT2D eigenvalue weighted by molar-refractivity contribution is -0.138. The zero-order valence-electron chi connectivity index (χ0n) is 18.8. The predicted octanol–water partition coefficient (Wildman–Crippen LogP) is 3.40. The summed E-state index contributed by atoms with van der Waals surface area (Å²) in [6.45, 7) is 6.72. The van der Waals surface area contributed by atoms with Gasteiger partial charge in [-0.05, 0) is 67.9 Å². The van der Waals surface area contributed by atoms with Crippen molar-refractivity contribution in [2.24, 2.45) is 5.41 Å². The lowest BCUT2D eigenvalue weighted by Crippen LogP contribution is -2.48. The summed E-state index contributed by atoms with van der Waals surface area (Å²) in [5.41, 5.74) is 3.59. The predicted molar refractivity (Wildman–Crippen MR) is 120 cm³/mol. The molecule has 6 heteroatoms. The number of Topliss-reactive ketones (excluding diaryl/α,β-unsaturated/α-hetero) is 2. The lowest BCUT2D eigenvalue weighted by atomic mass is 9.62. The highest BCUT2D eigenvalue weighted by Crippen LogP contribution is 2.46. The number of ketones is 2. The molecule has 1 saturated heterocycles. The van der Waals surface area contributed by atoms with Crippen LogP contribution in [-0.4, -0.2) is 45.4 Å². The molecule has 2 aromatic rings. The highest BCUT2D eigenvalue weighted by atomic mass is 16.2. The van der Waals surface area contributed by atoms with E-state index in [4.69, 9.17) is 0 Å². The first kappa shape index (κ1) is 21.9. The maximum absolute atomic E-state index is 13.3. The number of hydrogen-bond donors (Lipinski definition) is 0. The van der Waals surface area contributed by atoms with Crippen LogP contribution in [0.2, 0.25) is 0 Å². The van der Waals surface area contributed by atoms with Gasteiger partial charge in [0.05, 0.1) is 6.20 Å². The number of amides is 1. The molecule has 1 aromatic carbocycles. The number of aromatic nitrogens is 2. The minimum Gasteiger partial charge on any atom is -0.337 e. The molecule has 6 nitrogen and oxygen atoms in total. The summed E-state index contributed by atoms with van der Waals surface area (Å²) in [5, 5.41) is 0. The zero-order chi connectivity index (χ0) is 22.9. The second-order valence-corrected chi connectivity index (χ2v) is 9.00. The van der Waals surface area contributed by atoms with Crippen LogP contribution in [-0.2, 0) is 9.59 Å². The van der Waals surface area contributed by atoms with Crippen LogP contribution in [0.1, 0.15) is 71.3 Å². The Morgan fingerprint density at radius 1 is 1.06 bits per heavy atom. The zero-order valence-corrected chi connectivity index (χ0v) is 18.8. The van der Waals surface area contributed by atoms with Gasteiger partial charge in [0.15, 0.2) is 0 Å². The highest BCUT2D eigenvalue weighted by Gasteiger charge is 2.47. The van der Waals surface area contributed by atoms with Crippen LogP contribution in [0.15, 0.2) is 30.7 Å². The van der Waals surface area contributed by atoms with E-state index in [9.17, 15) is 14.4 Å². The molecule has 0 unspecified atom stereocenters. The van der Waals surface area contributed by atoms with E-state index in [-0.39, 0.29) is 22.9 Å². The van der Waals surface area contributed by atoms with Crippen molar-refractivity contribution in [2.45, 2.75) is 52.4 Å². The number of benzene rings is 1. The Bertz CT molecular complexity index is 1090. The summed E-state index contributed by atoms with van der Waals surface area (Å²) in [4.78, 5) is 49.0. The Kier molecular flexibility index (Phi) is 5.92. The van der Waals surface area contributed by atoms with E-state index in [0.717, 1.165) is 22.3 Å². The van der Waals surface area contributed by atoms with E-state index in [0.29, 0.717) is 44.5 Å². The van der Waals surface area contributed by atoms with E-state index in [1.807, 2.05) is 26.0 Å². The number of piperidine rings is 1. The van der Waals surface area contributed by atoms with E-state index >= 15 is 0 Å². The van der Waals surface area contributed by atoms with Gasteiger partial charge in [0.25, 0.3) is 5.91 Å². The fourth-order valence-electron chi connectivity index (χ4n) is 5.26. The van der Waals surface area contributed by atoms with Crippen LogP contribution in [0.3, 0.4) is 0 Å². The Balaban J connectivity index is 1.49. The Morgan fingerprint density at radius 2 is 1.69 bits per heavy atom. The number of likely N-dealkylation sites (tertiary alicyclic amines) is 1. The van der Waals surface area contributed by atoms with E-state index in [1.54, 1.807) is 11.8 Å². The molecule has 1 saturated carbocycles. The number of carbonyl (C=O) groups excluding carboxylic acids is 3. The molecule has 0 bridgehead atoms. The quantitative estimate of drug-likeness (QED) is 0.540. The van der Waals surface area contributed by atoms with Gasteiger partial charge in [-0.2, -0.15) is 0 Å². The third-order valence-electron chi connectivity index (χ3n) is 6.79. The second kappa shape index (κ2) is 8.66. The molecule has 1 amide bonds. The number of rotatable bonds is 2. The van der Waals surface area contributed by atoms with Crippen molar-refractivity contribution < 1.29 is 14.4 Å². The largest absolute Gasteiger partial charge is 0.337 e. The van der Waals surface area contributed by atoms with Crippen LogP contribution in [0, 0.1) is 31.1 Å². The molecule has 2 aliphatic rings. The number of carbonyl (C=O) groups is 3. The second-order valence-electron chi connectivity index (χ2n) is 9.00. The van der Waals surface area contributed by atoms with Gasteiger partial charge >= 0.3 is 0 Å². The van der Waals surface area contributed by atoms with Crippen LogP contribution >= 0.6 is 0 Å². The van der Waals surface area contributed by atoms with Gasteiger partial charge in [0.1, 0.15) is 23.2 Å². The molecule has 1 aliphatic carbocycles. The fraction of sp³-hybridized carbons (Fsp3) is 0.423. The van der Waals surface area contributed by atoms with Crippen LogP contribution in [0.5, 0.6) is 0 Å². The van der Waals surface area contributed by atoms with Crippen molar-refractivity contribution in [1.82, 2.24) is 14.9 Å². The normalized spacial score (nSPS) is 18.4. The van der Waals surface area contributed by atoms with Crippen LogP contribution < -0.4 is 0 Å². The Labute approximate surface area is 188 Å². The molecule has 2 fully saturated rings. The van der Waals surface area contributed by atoms with Gasteiger partial charge in [0.2, 0.25) is 0 Å². The summed E-state index contributed by atoms with van der Waals surface area (Å²) in [6.07, 6.45) is 6.55. The van der Waals surface area contributed by atoms with Crippen molar-refractivity contribution in [1.29, 1.82) is 0 Å². The maximum atomic E-state index is 13.3. The van der Waals surface area contributed by atoms with Gasteiger partial charge in [-0.3, -0.25) is 19.4 Å². The first-order valence-corrected chi connectivity index (χ1v) is 11.0. The van der Waals surface area contributed by atoms with Crippen molar-refractivity contribution >= 4 is 17.5 Å². The molecule has 2 heterocycles. The molecular weight excluding hydrogens is 402 g/mol. The summed E-state index contributed by atoms with van der Waals surface area (Å²) in [7, 11) is 0. The van der Waals surface area contributed by atoms with Crippen molar-refractivity contribution in [3.8, 4) is 11.8 Å². The molecule has 32 heavy (non-hydrogen) atoms. The third kappa shape index (κ3) is 4.08. The molecule has 1 aromatic heterocycles. The standard InChI is InChI=1S/C26H27N3O3/c1-4-5-19-12-17(2)23(18(3)13-19)24-21(30)14-26(15-22(24)31)6-10-29(11-7-26)25(32)20-16-27-8-9-28-20/h8-9,12-13,16,24H,6-7,10-11,14-15H2,1-3H3. The van der Waals surface area contributed by atoms with Crippen LogP contribution in [0.4, 0.5) is 0 Å². The van der Waals surface area contributed by atoms with Gasteiger partial charge < -0.3 is 4.90 Å². The lowest BCUT2D eigenvalue weighted by Gasteiger charge is -2.44. The molecular formula is C26H27N3O3. The molecule has 4 rings (SSSR count). The molecule has 0 atom stereocenters. The average Bonchev–Trinajstić information content (AvgIpc) is 2.76. The summed E-state index contributed by atoms with van der Waals surface area (Å²) in [6, 6.07) is 3.92. The first-order valence-electron chi connectivity index (χ1n) is 11.0. The average molecular weight is 430 g/mol. The SMILES string of the molecule is CC#Cc1cc(C)c(C2C(=O)CC3(CCN(C(=O)c4cnccn4)CC3)CC2=O)c(C)c1. The molecule has 0 N–H and O–H groups in total. The minimum absolute atomic E-state index is 0.00419. The van der Waals surface area contributed by atoms with Crippen molar-refractivity contribution in [3.63, 3.8) is 0 Å². The topological polar surface area (TPSA) is 80.2 Å². The smallest absolute Gasteiger partial charge is 0.274 e. The fourth-order valence-corrected chi connectivity index (χ4v) is 5.26. The van der Waals surface area contributed by atoms with Crippen LogP contribution in [0.25, 0.3) is 0 Å². The van der Waals surface area contributed by atoms with Gasteiger partial charge in [-0.1, -0.05) is 5.92 Å². The molecule has 164 valence electrons. The first-order chi connectivity index (χ1) is 15.3. The Hall–Kier alpha value is -3.33. The summed E-state index contributed by atoms with van der Waals surface area (Å²) >= 11 is 0.